The van der Waals surface area contributed by atoms with Gasteiger partial charge >= 0.3 is 0 Å². The summed E-state index contributed by atoms with van der Waals surface area (Å²) in [4.78, 5) is 17.5. The van der Waals surface area contributed by atoms with Crippen LogP contribution in [0.3, 0.4) is 0 Å². The van der Waals surface area contributed by atoms with Crippen LogP contribution in [-0.4, -0.2) is 53.3 Å². The van der Waals surface area contributed by atoms with Crippen LogP contribution in [0.4, 0.5) is 11.9 Å². The number of halogens is 1. The molecule has 0 aromatic carbocycles. The van der Waals surface area contributed by atoms with Crippen molar-refractivity contribution >= 4 is 23.5 Å². The third kappa shape index (κ3) is 2.81. The molecule has 1 aromatic heterocycles. The molecule has 20 heavy (non-hydrogen) atoms. The summed E-state index contributed by atoms with van der Waals surface area (Å²) in [6.07, 6.45) is 2.55. The molecule has 0 bridgehead atoms. The Kier molecular flexibility index (Phi) is 3.94. The molecule has 0 N–H and O–H groups in total. The summed E-state index contributed by atoms with van der Waals surface area (Å²) in [5.74, 6) is 1.36. The Balaban J connectivity index is 1.88. The summed E-state index contributed by atoms with van der Waals surface area (Å²) in [7, 11) is 0. The standard InChI is InChI=1S/C13H20ClN5O/c1-9-8-20-10(2)7-19(9)13-16-11(14)15-12(17-13)18-5-3-4-6-18/h9-10H,3-8H2,1-2H3. The van der Waals surface area contributed by atoms with Crippen LogP contribution < -0.4 is 9.80 Å². The van der Waals surface area contributed by atoms with E-state index in [-0.39, 0.29) is 17.4 Å². The minimum Gasteiger partial charge on any atom is -0.375 e. The summed E-state index contributed by atoms with van der Waals surface area (Å²) in [5.41, 5.74) is 0. The second-order valence-corrected chi connectivity index (χ2v) is 5.88. The van der Waals surface area contributed by atoms with E-state index in [4.69, 9.17) is 16.3 Å². The van der Waals surface area contributed by atoms with Gasteiger partial charge in [-0.3, -0.25) is 0 Å². The Morgan fingerprint density at radius 1 is 1.10 bits per heavy atom. The molecule has 3 heterocycles. The first-order valence-corrected chi connectivity index (χ1v) is 7.56. The Hall–Kier alpha value is -1.14. The third-order valence-electron chi connectivity index (χ3n) is 3.84. The van der Waals surface area contributed by atoms with Gasteiger partial charge in [0.15, 0.2) is 0 Å². The van der Waals surface area contributed by atoms with Crippen molar-refractivity contribution in [2.24, 2.45) is 0 Å². The van der Waals surface area contributed by atoms with Crippen LogP contribution in [0.1, 0.15) is 26.7 Å². The maximum Gasteiger partial charge on any atom is 0.231 e. The van der Waals surface area contributed by atoms with E-state index in [0.717, 1.165) is 19.6 Å². The third-order valence-corrected chi connectivity index (χ3v) is 4.01. The SMILES string of the molecule is CC1CN(c2nc(Cl)nc(N3CCCC3)n2)C(C)CO1. The second kappa shape index (κ2) is 5.69. The normalized spacial score (nSPS) is 27.1. The van der Waals surface area contributed by atoms with Crippen molar-refractivity contribution in [1.82, 2.24) is 15.0 Å². The molecule has 0 spiro atoms. The van der Waals surface area contributed by atoms with Gasteiger partial charge in [-0.05, 0) is 38.3 Å². The number of anilines is 2. The molecule has 7 heteroatoms. The van der Waals surface area contributed by atoms with Gasteiger partial charge in [0.2, 0.25) is 17.2 Å². The minimum atomic E-state index is 0.178. The lowest BCUT2D eigenvalue weighted by Crippen LogP contribution is -2.48. The van der Waals surface area contributed by atoms with E-state index in [0.29, 0.717) is 18.5 Å². The van der Waals surface area contributed by atoms with Crippen LogP contribution >= 0.6 is 11.6 Å². The van der Waals surface area contributed by atoms with Gasteiger partial charge in [0.1, 0.15) is 0 Å². The van der Waals surface area contributed by atoms with Gasteiger partial charge in [0, 0.05) is 19.6 Å². The Morgan fingerprint density at radius 3 is 2.55 bits per heavy atom. The molecule has 2 aliphatic rings. The van der Waals surface area contributed by atoms with Gasteiger partial charge in [-0.2, -0.15) is 15.0 Å². The summed E-state index contributed by atoms with van der Waals surface area (Å²) >= 11 is 6.08. The van der Waals surface area contributed by atoms with E-state index in [1.54, 1.807) is 0 Å². The van der Waals surface area contributed by atoms with Crippen molar-refractivity contribution in [2.75, 3.05) is 36.0 Å². The first-order chi connectivity index (χ1) is 9.63. The summed E-state index contributed by atoms with van der Waals surface area (Å²) < 4.78 is 5.65. The maximum absolute atomic E-state index is 6.08. The number of ether oxygens (including phenoxy) is 1. The van der Waals surface area contributed by atoms with E-state index in [1.165, 1.54) is 12.8 Å². The van der Waals surface area contributed by atoms with Gasteiger partial charge in [0.25, 0.3) is 0 Å². The lowest BCUT2D eigenvalue weighted by molar-refractivity contribution is 0.0337. The lowest BCUT2D eigenvalue weighted by atomic mass is 10.2. The van der Waals surface area contributed by atoms with Crippen LogP contribution in [-0.2, 0) is 4.74 Å². The first kappa shape index (κ1) is 13.8. The molecule has 110 valence electrons. The van der Waals surface area contributed by atoms with E-state index in [2.05, 4.69) is 38.6 Å². The van der Waals surface area contributed by atoms with E-state index in [1.807, 2.05) is 0 Å². The van der Waals surface area contributed by atoms with Crippen molar-refractivity contribution in [1.29, 1.82) is 0 Å². The zero-order valence-corrected chi connectivity index (χ0v) is 12.7. The summed E-state index contributed by atoms with van der Waals surface area (Å²) in [6, 6.07) is 0.246. The fourth-order valence-corrected chi connectivity index (χ4v) is 2.85. The summed E-state index contributed by atoms with van der Waals surface area (Å²) in [6.45, 7) is 7.62. The smallest absolute Gasteiger partial charge is 0.231 e. The molecule has 6 nitrogen and oxygen atoms in total. The highest BCUT2D eigenvalue weighted by Gasteiger charge is 2.27. The quantitative estimate of drug-likeness (QED) is 0.829. The number of hydrogen-bond acceptors (Lipinski definition) is 6. The predicted molar refractivity (Wildman–Crippen MR) is 78.5 cm³/mol. The second-order valence-electron chi connectivity index (χ2n) is 5.54. The van der Waals surface area contributed by atoms with Crippen molar-refractivity contribution < 1.29 is 4.74 Å². The summed E-state index contributed by atoms with van der Waals surface area (Å²) in [5, 5.41) is 0.267. The molecule has 3 rings (SSSR count). The van der Waals surface area contributed by atoms with Gasteiger partial charge in [-0.1, -0.05) is 0 Å². The molecule has 0 radical (unpaired) electrons. The number of hydrogen-bond donors (Lipinski definition) is 0. The molecule has 2 atom stereocenters. The molecule has 2 fully saturated rings. The molecule has 0 amide bonds. The molecular formula is C13H20ClN5O. The van der Waals surface area contributed by atoms with Gasteiger partial charge < -0.3 is 14.5 Å². The van der Waals surface area contributed by atoms with Crippen LogP contribution in [0, 0.1) is 0 Å². The topological polar surface area (TPSA) is 54.4 Å². The van der Waals surface area contributed by atoms with Crippen LogP contribution in [0.25, 0.3) is 0 Å². The largest absolute Gasteiger partial charge is 0.375 e. The van der Waals surface area contributed by atoms with E-state index >= 15 is 0 Å². The average molecular weight is 298 g/mol. The first-order valence-electron chi connectivity index (χ1n) is 7.18. The zero-order chi connectivity index (χ0) is 14.1. The molecule has 2 saturated heterocycles. The average Bonchev–Trinajstić information content (AvgIpc) is 2.95. The highest BCUT2D eigenvalue weighted by atomic mass is 35.5. The Bertz CT molecular complexity index is 480. The molecular weight excluding hydrogens is 278 g/mol. The minimum absolute atomic E-state index is 0.178. The molecule has 2 unspecified atom stereocenters. The molecule has 2 aliphatic heterocycles. The van der Waals surface area contributed by atoms with E-state index in [9.17, 15) is 0 Å². The Labute approximate surface area is 124 Å². The number of morpholine rings is 1. The zero-order valence-electron chi connectivity index (χ0n) is 11.9. The van der Waals surface area contributed by atoms with Crippen LogP contribution in [0.5, 0.6) is 0 Å². The predicted octanol–water partition coefficient (Wildman–Crippen LogP) is 1.74. The Morgan fingerprint density at radius 2 is 1.80 bits per heavy atom. The van der Waals surface area contributed by atoms with E-state index < -0.39 is 0 Å². The van der Waals surface area contributed by atoms with Crippen molar-refractivity contribution in [2.45, 2.75) is 38.8 Å². The number of nitrogens with zero attached hydrogens (tertiary/aromatic N) is 5. The van der Waals surface area contributed by atoms with Crippen LogP contribution in [0.15, 0.2) is 0 Å². The lowest BCUT2D eigenvalue weighted by Gasteiger charge is -2.36. The van der Waals surface area contributed by atoms with Crippen molar-refractivity contribution in [3.63, 3.8) is 0 Å². The number of rotatable bonds is 2. The maximum atomic E-state index is 6.08. The molecule has 1 aromatic rings. The molecule has 0 saturated carbocycles. The highest BCUT2D eigenvalue weighted by Crippen LogP contribution is 2.23. The van der Waals surface area contributed by atoms with Crippen molar-refractivity contribution in [3.05, 3.63) is 5.28 Å². The molecule has 0 aliphatic carbocycles. The monoisotopic (exact) mass is 297 g/mol. The fraction of sp³-hybridized carbons (Fsp3) is 0.769. The van der Waals surface area contributed by atoms with Crippen molar-refractivity contribution in [3.8, 4) is 0 Å². The number of aromatic nitrogens is 3. The van der Waals surface area contributed by atoms with Gasteiger partial charge in [0.05, 0.1) is 18.8 Å². The fourth-order valence-electron chi connectivity index (χ4n) is 2.70. The van der Waals surface area contributed by atoms with Gasteiger partial charge in [-0.25, -0.2) is 0 Å². The highest BCUT2D eigenvalue weighted by molar-refractivity contribution is 6.28. The van der Waals surface area contributed by atoms with Crippen LogP contribution in [0.2, 0.25) is 5.28 Å². The van der Waals surface area contributed by atoms with Gasteiger partial charge in [-0.15, -0.1) is 0 Å².